The number of carbonyl (C=O) groups excluding carboxylic acids is 1. The van der Waals surface area contributed by atoms with Crippen molar-refractivity contribution in [3.63, 3.8) is 0 Å². The Bertz CT molecular complexity index is 439. The van der Waals surface area contributed by atoms with Crippen LogP contribution in [0.2, 0.25) is 0 Å². The maximum atomic E-state index is 13.7. The molecule has 1 amide bonds. The number of carbonyl (C=O) groups is 1. The summed E-state index contributed by atoms with van der Waals surface area (Å²) in [5.41, 5.74) is 5.37. The first-order valence-corrected chi connectivity index (χ1v) is 5.70. The number of likely N-dealkylation sites (tertiary alicyclic amines) is 1. The van der Waals surface area contributed by atoms with Gasteiger partial charge in [0.1, 0.15) is 0 Å². The fourth-order valence-electron chi connectivity index (χ4n) is 2.09. The third-order valence-electron chi connectivity index (χ3n) is 3.42. The van der Waals surface area contributed by atoms with E-state index in [1.807, 2.05) is 0 Å². The van der Waals surface area contributed by atoms with Gasteiger partial charge < -0.3 is 10.6 Å². The number of nitrogens with zero attached hydrogens (tertiary/aromatic N) is 2. The van der Waals surface area contributed by atoms with Crippen LogP contribution in [0.3, 0.4) is 0 Å². The molecule has 0 bridgehead atoms. The summed E-state index contributed by atoms with van der Waals surface area (Å²) in [6.07, 6.45) is 1.36. The number of pyridine rings is 1. The number of anilines is 1. The summed E-state index contributed by atoms with van der Waals surface area (Å²) in [5, 5.41) is 0. The molecule has 17 heavy (non-hydrogen) atoms. The Balaban J connectivity index is 2.24. The molecular weight excluding hydrogens is 221 g/mol. The lowest BCUT2D eigenvalue weighted by Crippen LogP contribution is -2.29. The molecule has 0 spiro atoms. The molecule has 5 heteroatoms. The van der Waals surface area contributed by atoms with Gasteiger partial charge in [-0.15, -0.1) is 0 Å². The van der Waals surface area contributed by atoms with Gasteiger partial charge in [-0.1, -0.05) is 13.8 Å². The predicted molar refractivity (Wildman–Crippen MR) is 62.8 cm³/mol. The van der Waals surface area contributed by atoms with E-state index < -0.39 is 5.82 Å². The molecule has 2 unspecified atom stereocenters. The normalized spacial score (nSPS) is 24.1. The Kier molecular flexibility index (Phi) is 3.00. The Morgan fingerprint density at radius 1 is 1.47 bits per heavy atom. The summed E-state index contributed by atoms with van der Waals surface area (Å²) in [7, 11) is 0. The van der Waals surface area contributed by atoms with Crippen LogP contribution in [0.5, 0.6) is 0 Å². The first-order chi connectivity index (χ1) is 8.00. The Morgan fingerprint density at radius 2 is 2.06 bits per heavy atom. The molecule has 2 N–H and O–H groups in total. The maximum absolute atomic E-state index is 13.7. The van der Waals surface area contributed by atoms with Crippen molar-refractivity contribution in [2.75, 3.05) is 18.8 Å². The Labute approximate surface area is 99.6 Å². The second-order valence-corrected chi connectivity index (χ2v) is 4.72. The summed E-state index contributed by atoms with van der Waals surface area (Å²) < 4.78 is 13.7. The number of nitrogen functional groups attached to an aromatic ring is 1. The van der Waals surface area contributed by atoms with Crippen LogP contribution in [-0.4, -0.2) is 28.9 Å². The molecule has 1 aromatic rings. The summed E-state index contributed by atoms with van der Waals surface area (Å²) in [6.45, 7) is 5.52. The lowest BCUT2D eigenvalue weighted by molar-refractivity contribution is 0.0780. The molecule has 2 rings (SSSR count). The van der Waals surface area contributed by atoms with Gasteiger partial charge in [-0.25, -0.2) is 9.37 Å². The molecule has 0 radical (unpaired) electrons. The van der Waals surface area contributed by atoms with Gasteiger partial charge >= 0.3 is 0 Å². The number of halogens is 1. The lowest BCUT2D eigenvalue weighted by Gasteiger charge is -2.16. The van der Waals surface area contributed by atoms with Gasteiger partial charge in [-0.3, -0.25) is 4.79 Å². The lowest BCUT2D eigenvalue weighted by atomic mass is 10.0. The van der Waals surface area contributed by atoms with Crippen LogP contribution in [0.15, 0.2) is 12.3 Å². The van der Waals surface area contributed by atoms with Gasteiger partial charge in [0.25, 0.3) is 5.91 Å². The van der Waals surface area contributed by atoms with Crippen LogP contribution in [0.1, 0.15) is 24.2 Å². The van der Waals surface area contributed by atoms with Crippen molar-refractivity contribution in [1.29, 1.82) is 0 Å². The molecule has 0 aromatic carbocycles. The fraction of sp³-hybridized carbons (Fsp3) is 0.500. The van der Waals surface area contributed by atoms with E-state index >= 15 is 0 Å². The Morgan fingerprint density at radius 3 is 2.65 bits per heavy atom. The smallest absolute Gasteiger partial charge is 0.257 e. The van der Waals surface area contributed by atoms with Gasteiger partial charge in [-0.2, -0.15) is 0 Å². The molecule has 1 aliphatic rings. The van der Waals surface area contributed by atoms with Crippen molar-refractivity contribution in [2.24, 2.45) is 11.8 Å². The molecule has 0 saturated carbocycles. The van der Waals surface area contributed by atoms with Crippen molar-refractivity contribution in [1.82, 2.24) is 9.88 Å². The average Bonchev–Trinajstić information content (AvgIpc) is 2.62. The highest BCUT2D eigenvalue weighted by Crippen LogP contribution is 2.24. The Hall–Kier alpha value is -1.65. The van der Waals surface area contributed by atoms with Gasteiger partial charge in [0, 0.05) is 19.3 Å². The molecule has 1 aliphatic heterocycles. The molecule has 2 heterocycles. The van der Waals surface area contributed by atoms with Crippen molar-refractivity contribution in [3.8, 4) is 0 Å². The quantitative estimate of drug-likeness (QED) is 0.805. The SMILES string of the molecule is CC1CN(C(=O)c2ccnc(N)c2F)CC1C. The minimum atomic E-state index is -0.718. The largest absolute Gasteiger partial charge is 0.381 e. The van der Waals surface area contributed by atoms with E-state index in [0.29, 0.717) is 24.9 Å². The highest BCUT2D eigenvalue weighted by molar-refractivity contribution is 5.95. The third-order valence-corrected chi connectivity index (χ3v) is 3.42. The molecule has 1 saturated heterocycles. The topological polar surface area (TPSA) is 59.2 Å². The highest BCUT2D eigenvalue weighted by Gasteiger charge is 2.31. The van der Waals surface area contributed by atoms with Gasteiger partial charge in [0.05, 0.1) is 5.56 Å². The zero-order valence-corrected chi connectivity index (χ0v) is 9.98. The maximum Gasteiger partial charge on any atom is 0.257 e. The highest BCUT2D eigenvalue weighted by atomic mass is 19.1. The minimum Gasteiger partial charge on any atom is -0.381 e. The van der Waals surface area contributed by atoms with Gasteiger partial charge in [0.2, 0.25) is 0 Å². The van der Waals surface area contributed by atoms with E-state index in [-0.39, 0.29) is 17.3 Å². The first-order valence-electron chi connectivity index (χ1n) is 5.70. The van der Waals surface area contributed by atoms with Crippen LogP contribution in [-0.2, 0) is 0 Å². The summed E-state index contributed by atoms with van der Waals surface area (Å²) in [4.78, 5) is 17.4. The molecule has 0 aliphatic carbocycles. The van der Waals surface area contributed by atoms with Crippen LogP contribution in [0.4, 0.5) is 10.2 Å². The van der Waals surface area contributed by atoms with E-state index in [4.69, 9.17) is 5.73 Å². The zero-order chi connectivity index (χ0) is 12.6. The summed E-state index contributed by atoms with van der Waals surface area (Å²) in [5.74, 6) is -0.351. The number of amides is 1. The number of hydrogen-bond donors (Lipinski definition) is 1. The van der Waals surface area contributed by atoms with Gasteiger partial charge in [0.15, 0.2) is 11.6 Å². The first kappa shape index (κ1) is 11.8. The van der Waals surface area contributed by atoms with Crippen molar-refractivity contribution in [3.05, 3.63) is 23.6 Å². The van der Waals surface area contributed by atoms with E-state index in [0.717, 1.165) is 0 Å². The predicted octanol–water partition coefficient (Wildman–Crippen LogP) is 1.53. The van der Waals surface area contributed by atoms with Crippen molar-refractivity contribution in [2.45, 2.75) is 13.8 Å². The monoisotopic (exact) mass is 237 g/mol. The summed E-state index contributed by atoms with van der Waals surface area (Å²) in [6, 6.07) is 1.38. The van der Waals surface area contributed by atoms with E-state index in [1.54, 1.807) is 4.90 Å². The number of hydrogen-bond acceptors (Lipinski definition) is 3. The fourth-order valence-corrected chi connectivity index (χ4v) is 2.09. The van der Waals surface area contributed by atoms with Crippen molar-refractivity contribution < 1.29 is 9.18 Å². The van der Waals surface area contributed by atoms with E-state index in [1.165, 1.54) is 12.3 Å². The summed E-state index contributed by atoms with van der Waals surface area (Å²) >= 11 is 0. The van der Waals surface area contributed by atoms with Crippen molar-refractivity contribution >= 4 is 11.7 Å². The van der Waals surface area contributed by atoms with Crippen LogP contribution >= 0.6 is 0 Å². The second kappa shape index (κ2) is 4.31. The second-order valence-electron chi connectivity index (χ2n) is 4.72. The van der Waals surface area contributed by atoms with E-state index in [9.17, 15) is 9.18 Å². The number of nitrogens with two attached hydrogens (primary N) is 1. The van der Waals surface area contributed by atoms with E-state index in [2.05, 4.69) is 18.8 Å². The third kappa shape index (κ3) is 2.09. The standard InChI is InChI=1S/C12H16FN3O/c1-7-5-16(6-8(7)2)12(17)9-3-4-15-11(14)10(9)13/h3-4,7-8H,5-6H2,1-2H3,(H2,14,15). The van der Waals surface area contributed by atoms with Crippen LogP contribution in [0.25, 0.3) is 0 Å². The zero-order valence-electron chi connectivity index (χ0n) is 9.98. The van der Waals surface area contributed by atoms with Crippen LogP contribution in [0, 0.1) is 17.7 Å². The average molecular weight is 237 g/mol. The molecule has 2 atom stereocenters. The minimum absolute atomic E-state index is 0.0128. The molecule has 4 nitrogen and oxygen atoms in total. The molecule has 92 valence electrons. The number of aromatic nitrogens is 1. The number of rotatable bonds is 1. The molecule has 1 fully saturated rings. The molecular formula is C12H16FN3O. The molecule has 1 aromatic heterocycles. The van der Waals surface area contributed by atoms with Gasteiger partial charge in [-0.05, 0) is 17.9 Å². The van der Waals surface area contributed by atoms with Crippen LogP contribution < -0.4 is 5.73 Å².